The van der Waals surface area contributed by atoms with Crippen molar-refractivity contribution >= 4 is 5.69 Å². The lowest BCUT2D eigenvalue weighted by Gasteiger charge is -2.09. The average molecular weight is 165 g/mol. The number of hydrogen-bond acceptors (Lipinski definition) is 1. The zero-order valence-electron chi connectivity index (χ0n) is 7.80. The van der Waals surface area contributed by atoms with Crippen LogP contribution in [-0.4, -0.2) is 6.54 Å². The van der Waals surface area contributed by atoms with Gasteiger partial charge in [-0.15, -0.1) is 0 Å². The summed E-state index contributed by atoms with van der Waals surface area (Å²) in [5.41, 5.74) is 1.19. The summed E-state index contributed by atoms with van der Waals surface area (Å²) in [5, 5.41) is 3.38. The van der Waals surface area contributed by atoms with Gasteiger partial charge in [0, 0.05) is 24.4 Å². The van der Waals surface area contributed by atoms with E-state index >= 15 is 0 Å². The first-order valence-corrected chi connectivity index (χ1v) is 4.53. The van der Waals surface area contributed by atoms with Crippen molar-refractivity contribution in [3.8, 4) is 0 Å². The highest BCUT2D eigenvalue weighted by atomic mass is 14.9. The molecular formula is C10H17N2+. The maximum atomic E-state index is 3.38. The normalized spacial score (nSPS) is 12.5. The molecule has 0 bridgehead atoms. The van der Waals surface area contributed by atoms with Gasteiger partial charge in [0.1, 0.15) is 0 Å². The van der Waals surface area contributed by atoms with Crippen molar-refractivity contribution in [2.24, 2.45) is 5.92 Å². The summed E-state index contributed by atoms with van der Waals surface area (Å²) >= 11 is 0. The van der Waals surface area contributed by atoms with Crippen LogP contribution in [0.3, 0.4) is 0 Å². The van der Waals surface area contributed by atoms with Gasteiger partial charge in [0.2, 0.25) is 0 Å². The second-order valence-corrected chi connectivity index (χ2v) is 3.18. The number of rotatable bonds is 4. The fraction of sp³-hybridized carbons (Fsp3) is 0.500. The van der Waals surface area contributed by atoms with Crippen LogP contribution in [0.2, 0.25) is 0 Å². The summed E-state index contributed by atoms with van der Waals surface area (Å²) in [6, 6.07) is 4.09. The Bertz CT molecular complexity index is 208. The largest absolute Gasteiger partial charge is 0.384 e. The second kappa shape index (κ2) is 4.75. The van der Waals surface area contributed by atoms with E-state index in [2.05, 4.69) is 24.1 Å². The van der Waals surface area contributed by atoms with Crippen molar-refractivity contribution in [2.45, 2.75) is 20.3 Å². The fourth-order valence-corrected chi connectivity index (χ4v) is 0.941. The summed E-state index contributed by atoms with van der Waals surface area (Å²) in [6.45, 7) is 5.52. The van der Waals surface area contributed by atoms with Gasteiger partial charge in [-0.1, -0.05) is 20.3 Å². The molecule has 0 aliphatic rings. The Morgan fingerprint density at radius 1 is 1.42 bits per heavy atom. The van der Waals surface area contributed by atoms with Crippen LogP contribution in [0.15, 0.2) is 24.5 Å². The average Bonchev–Trinajstić information content (AvgIpc) is 2.16. The van der Waals surface area contributed by atoms with Crippen LogP contribution in [0.25, 0.3) is 0 Å². The van der Waals surface area contributed by atoms with Crippen LogP contribution in [-0.2, 0) is 0 Å². The topological polar surface area (TPSA) is 26.2 Å². The molecule has 1 heterocycles. The van der Waals surface area contributed by atoms with Crippen LogP contribution in [0.5, 0.6) is 0 Å². The number of aromatic nitrogens is 1. The van der Waals surface area contributed by atoms with Crippen LogP contribution >= 0.6 is 0 Å². The maximum Gasteiger partial charge on any atom is 0.169 e. The molecule has 2 heteroatoms. The molecule has 2 nitrogen and oxygen atoms in total. The predicted octanol–water partition coefficient (Wildman–Crippen LogP) is 1.96. The first-order chi connectivity index (χ1) is 5.83. The summed E-state index contributed by atoms with van der Waals surface area (Å²) in [7, 11) is 0. The standard InChI is InChI=1S/C10H16N2/c1-3-9(2)8-12-10-4-6-11-7-5-10/h4-7,9H,3,8H2,1-2H3,(H,11,12)/p+1. The highest BCUT2D eigenvalue weighted by molar-refractivity contribution is 5.39. The van der Waals surface area contributed by atoms with E-state index in [1.807, 2.05) is 24.5 Å². The van der Waals surface area contributed by atoms with E-state index in [9.17, 15) is 0 Å². The minimum atomic E-state index is 0.745. The van der Waals surface area contributed by atoms with Gasteiger partial charge in [0.15, 0.2) is 12.4 Å². The first-order valence-electron chi connectivity index (χ1n) is 4.53. The Balaban J connectivity index is 2.33. The van der Waals surface area contributed by atoms with Crippen molar-refractivity contribution in [2.75, 3.05) is 11.9 Å². The van der Waals surface area contributed by atoms with Gasteiger partial charge in [-0.05, 0) is 5.92 Å². The number of nitrogens with one attached hydrogen (secondary N) is 2. The maximum absolute atomic E-state index is 3.38. The number of anilines is 1. The van der Waals surface area contributed by atoms with Gasteiger partial charge < -0.3 is 5.32 Å². The highest BCUT2D eigenvalue weighted by Crippen LogP contribution is 2.05. The van der Waals surface area contributed by atoms with Crippen molar-refractivity contribution in [3.63, 3.8) is 0 Å². The number of H-pyrrole nitrogens is 1. The molecule has 0 amide bonds. The molecule has 0 fully saturated rings. The summed E-state index contributed by atoms with van der Waals surface area (Å²) in [5.74, 6) is 0.745. The smallest absolute Gasteiger partial charge is 0.169 e. The SMILES string of the molecule is CCC(C)CNc1cc[nH+]cc1. The third-order valence-electron chi connectivity index (χ3n) is 2.07. The minimum Gasteiger partial charge on any atom is -0.384 e. The fourth-order valence-electron chi connectivity index (χ4n) is 0.941. The molecule has 1 aromatic rings. The Morgan fingerprint density at radius 3 is 2.67 bits per heavy atom. The van der Waals surface area contributed by atoms with E-state index in [0.29, 0.717) is 0 Å². The van der Waals surface area contributed by atoms with Crippen molar-refractivity contribution < 1.29 is 4.98 Å². The second-order valence-electron chi connectivity index (χ2n) is 3.18. The van der Waals surface area contributed by atoms with E-state index in [-0.39, 0.29) is 0 Å². The third kappa shape index (κ3) is 2.91. The van der Waals surface area contributed by atoms with E-state index in [4.69, 9.17) is 0 Å². The Morgan fingerprint density at radius 2 is 2.08 bits per heavy atom. The number of hydrogen-bond donors (Lipinski definition) is 1. The van der Waals surface area contributed by atoms with E-state index < -0.39 is 0 Å². The predicted molar refractivity (Wildman–Crippen MR) is 50.9 cm³/mol. The van der Waals surface area contributed by atoms with Gasteiger partial charge in [-0.3, -0.25) is 0 Å². The van der Waals surface area contributed by atoms with Gasteiger partial charge in [-0.2, -0.15) is 0 Å². The van der Waals surface area contributed by atoms with Crippen LogP contribution in [0.4, 0.5) is 5.69 Å². The molecule has 0 saturated heterocycles. The highest BCUT2D eigenvalue weighted by Gasteiger charge is 1.97. The van der Waals surface area contributed by atoms with Crippen molar-refractivity contribution in [1.82, 2.24) is 0 Å². The number of aromatic amines is 1. The molecule has 0 aliphatic carbocycles. The molecule has 1 atom stereocenters. The van der Waals surface area contributed by atoms with E-state index in [1.165, 1.54) is 12.1 Å². The van der Waals surface area contributed by atoms with Gasteiger partial charge in [0.05, 0.1) is 0 Å². The van der Waals surface area contributed by atoms with Crippen LogP contribution in [0.1, 0.15) is 20.3 Å². The van der Waals surface area contributed by atoms with E-state index in [0.717, 1.165) is 12.5 Å². The lowest BCUT2D eigenvalue weighted by atomic mass is 10.1. The zero-order chi connectivity index (χ0) is 8.81. The molecule has 66 valence electrons. The Hall–Kier alpha value is -1.05. The molecule has 1 unspecified atom stereocenters. The van der Waals surface area contributed by atoms with Gasteiger partial charge >= 0.3 is 0 Å². The molecule has 0 radical (unpaired) electrons. The molecule has 1 rings (SSSR count). The minimum absolute atomic E-state index is 0.745. The lowest BCUT2D eigenvalue weighted by Crippen LogP contribution is -2.11. The van der Waals surface area contributed by atoms with Crippen LogP contribution < -0.4 is 10.3 Å². The van der Waals surface area contributed by atoms with Gasteiger partial charge in [0.25, 0.3) is 0 Å². The summed E-state index contributed by atoms with van der Waals surface area (Å²) in [6.07, 6.45) is 5.09. The molecule has 0 aliphatic heterocycles. The number of pyridine rings is 1. The van der Waals surface area contributed by atoms with E-state index in [1.54, 1.807) is 0 Å². The monoisotopic (exact) mass is 165 g/mol. The first kappa shape index (κ1) is 9.04. The molecule has 2 N–H and O–H groups in total. The summed E-state index contributed by atoms with van der Waals surface area (Å²) in [4.78, 5) is 2.99. The Kier molecular flexibility index (Phi) is 3.58. The molecule has 12 heavy (non-hydrogen) atoms. The molecule has 1 aromatic heterocycles. The third-order valence-corrected chi connectivity index (χ3v) is 2.07. The van der Waals surface area contributed by atoms with Crippen molar-refractivity contribution in [1.29, 1.82) is 0 Å². The quantitative estimate of drug-likeness (QED) is 0.725. The van der Waals surface area contributed by atoms with Crippen molar-refractivity contribution in [3.05, 3.63) is 24.5 Å². The Labute approximate surface area is 74.0 Å². The zero-order valence-corrected chi connectivity index (χ0v) is 7.80. The van der Waals surface area contributed by atoms with Gasteiger partial charge in [-0.25, -0.2) is 4.98 Å². The summed E-state index contributed by atoms with van der Waals surface area (Å²) < 4.78 is 0. The molecular weight excluding hydrogens is 148 g/mol. The molecule has 0 spiro atoms. The molecule has 0 aromatic carbocycles. The lowest BCUT2D eigenvalue weighted by molar-refractivity contribution is -0.377. The molecule has 0 saturated carbocycles. The van der Waals surface area contributed by atoms with Crippen LogP contribution in [0, 0.1) is 5.92 Å².